The van der Waals surface area contributed by atoms with E-state index in [1.165, 1.54) is 0 Å². The Morgan fingerprint density at radius 3 is 1.00 bits per heavy atom. The summed E-state index contributed by atoms with van der Waals surface area (Å²) in [5, 5.41) is 0.437. The first-order chi connectivity index (χ1) is 3.25. The molecular formula is C6H16B2. The van der Waals surface area contributed by atoms with Crippen LogP contribution in [0.25, 0.3) is 0 Å². The molecule has 0 bridgehead atoms. The molecule has 0 aliphatic carbocycles. The highest BCUT2D eigenvalue weighted by atomic mass is 14.2. The molecule has 0 fully saturated rings. The minimum atomic E-state index is 0.437. The van der Waals surface area contributed by atoms with Crippen molar-refractivity contribution in [2.24, 2.45) is 5.41 Å². The van der Waals surface area contributed by atoms with Crippen LogP contribution in [-0.2, 0) is 0 Å². The monoisotopic (exact) mass is 110 g/mol. The predicted molar refractivity (Wildman–Crippen MR) is 44.9 cm³/mol. The number of hydrogen-bond acceptors (Lipinski definition) is 0. The van der Waals surface area contributed by atoms with Crippen molar-refractivity contribution < 1.29 is 0 Å². The summed E-state index contributed by atoms with van der Waals surface area (Å²) in [6.07, 6.45) is 0. The van der Waals surface area contributed by atoms with Crippen LogP contribution in [0.2, 0.25) is 5.21 Å². The summed E-state index contributed by atoms with van der Waals surface area (Å²) in [7, 11) is 4.54. The van der Waals surface area contributed by atoms with Crippen LogP contribution in [0.5, 0.6) is 0 Å². The maximum Gasteiger partial charge on any atom is 0.0995 e. The van der Waals surface area contributed by atoms with Gasteiger partial charge in [0.2, 0.25) is 0 Å². The Hall–Kier alpha value is 0.130. The van der Waals surface area contributed by atoms with Gasteiger partial charge in [-0.3, -0.25) is 0 Å². The summed E-state index contributed by atoms with van der Waals surface area (Å²) >= 11 is 0. The SMILES string of the molecule is BC(B)(C)C(C)(C)C. The molecule has 0 heterocycles. The largest absolute Gasteiger partial charge is 0.0995 e. The third kappa shape index (κ3) is 1.94. The average Bonchev–Trinajstić information content (AvgIpc) is 1.25. The van der Waals surface area contributed by atoms with E-state index < -0.39 is 0 Å². The van der Waals surface area contributed by atoms with Gasteiger partial charge in [0.15, 0.2) is 0 Å². The number of hydrogen-bond donors (Lipinski definition) is 0. The van der Waals surface area contributed by atoms with Gasteiger partial charge in [-0.1, -0.05) is 32.9 Å². The molecule has 0 aromatic rings. The van der Waals surface area contributed by atoms with Gasteiger partial charge >= 0.3 is 0 Å². The van der Waals surface area contributed by atoms with Crippen molar-refractivity contribution in [3.8, 4) is 0 Å². The second-order valence-corrected chi connectivity index (χ2v) is 4.50. The van der Waals surface area contributed by atoms with Gasteiger partial charge in [-0.25, -0.2) is 0 Å². The molecule has 0 aromatic carbocycles. The van der Waals surface area contributed by atoms with Crippen molar-refractivity contribution in [1.29, 1.82) is 0 Å². The number of rotatable bonds is 0. The van der Waals surface area contributed by atoms with Gasteiger partial charge < -0.3 is 0 Å². The van der Waals surface area contributed by atoms with Crippen LogP contribution in [0.15, 0.2) is 0 Å². The Morgan fingerprint density at radius 2 is 1.00 bits per heavy atom. The molecule has 8 heavy (non-hydrogen) atoms. The maximum atomic E-state index is 2.27. The highest BCUT2D eigenvalue weighted by Crippen LogP contribution is 2.37. The molecule has 0 unspecified atom stereocenters. The van der Waals surface area contributed by atoms with Crippen LogP contribution in [0.4, 0.5) is 0 Å². The first kappa shape index (κ1) is 8.13. The van der Waals surface area contributed by atoms with E-state index in [0.29, 0.717) is 10.6 Å². The molecule has 0 aliphatic rings. The van der Waals surface area contributed by atoms with E-state index in [-0.39, 0.29) is 0 Å². The fourth-order valence-corrected chi connectivity index (χ4v) is 0. The second kappa shape index (κ2) is 1.82. The van der Waals surface area contributed by atoms with Crippen molar-refractivity contribution in [1.82, 2.24) is 0 Å². The Balaban J connectivity index is 4.02. The van der Waals surface area contributed by atoms with Gasteiger partial charge in [-0.05, 0) is 5.41 Å². The quantitative estimate of drug-likeness (QED) is 0.396. The van der Waals surface area contributed by atoms with E-state index in [4.69, 9.17) is 0 Å². The zero-order valence-electron chi connectivity index (χ0n) is 7.00. The molecule has 0 nitrogen and oxygen atoms in total. The van der Waals surface area contributed by atoms with E-state index >= 15 is 0 Å². The van der Waals surface area contributed by atoms with E-state index in [9.17, 15) is 0 Å². The zero-order chi connectivity index (χ0) is 7.00. The molecule has 2 heteroatoms. The highest BCUT2D eigenvalue weighted by Gasteiger charge is 2.26. The summed E-state index contributed by atoms with van der Waals surface area (Å²) in [5.74, 6) is 0. The lowest BCUT2D eigenvalue weighted by atomic mass is 9.45. The van der Waals surface area contributed by atoms with Gasteiger partial charge in [0.25, 0.3) is 0 Å². The average molecular weight is 110 g/mol. The molecule has 0 N–H and O–H groups in total. The maximum absolute atomic E-state index is 2.27. The minimum Gasteiger partial charge on any atom is -0.0826 e. The van der Waals surface area contributed by atoms with Crippen LogP contribution >= 0.6 is 0 Å². The van der Waals surface area contributed by atoms with E-state index in [2.05, 4.69) is 43.4 Å². The lowest BCUT2D eigenvalue weighted by Crippen LogP contribution is -2.26. The van der Waals surface area contributed by atoms with E-state index in [1.807, 2.05) is 0 Å². The first-order valence-corrected chi connectivity index (χ1v) is 3.25. The smallest absolute Gasteiger partial charge is 0.0826 e. The Kier molecular flexibility index (Phi) is 1.85. The molecule has 0 spiro atoms. The van der Waals surface area contributed by atoms with Crippen LogP contribution in [0.3, 0.4) is 0 Å². The van der Waals surface area contributed by atoms with Crippen LogP contribution < -0.4 is 0 Å². The summed E-state index contributed by atoms with van der Waals surface area (Å²) in [5.41, 5.74) is 0.438. The van der Waals surface area contributed by atoms with Crippen LogP contribution in [0.1, 0.15) is 27.7 Å². The molecule has 0 aromatic heterocycles. The van der Waals surface area contributed by atoms with Gasteiger partial charge in [-0.2, -0.15) is 0 Å². The minimum absolute atomic E-state index is 0.437. The summed E-state index contributed by atoms with van der Waals surface area (Å²) in [6.45, 7) is 9.08. The molecule has 0 amide bonds. The Bertz CT molecular complexity index is 61.5. The lowest BCUT2D eigenvalue weighted by Gasteiger charge is -2.35. The molecule has 46 valence electrons. The fourth-order valence-electron chi connectivity index (χ4n) is 0. The second-order valence-electron chi connectivity index (χ2n) is 4.50. The molecule has 0 atom stereocenters. The molecule has 0 saturated carbocycles. The topological polar surface area (TPSA) is 0 Å². The van der Waals surface area contributed by atoms with Gasteiger partial charge in [0, 0.05) is 0 Å². The molecule has 0 radical (unpaired) electrons. The zero-order valence-corrected chi connectivity index (χ0v) is 7.00. The van der Waals surface area contributed by atoms with Gasteiger partial charge in [-0.15, -0.1) is 0 Å². The van der Waals surface area contributed by atoms with Gasteiger partial charge in [0.05, 0.1) is 15.7 Å². The molecule has 0 rings (SSSR count). The highest BCUT2D eigenvalue weighted by molar-refractivity contribution is 6.39. The van der Waals surface area contributed by atoms with E-state index in [1.54, 1.807) is 0 Å². The van der Waals surface area contributed by atoms with Crippen LogP contribution in [-0.4, -0.2) is 15.7 Å². The van der Waals surface area contributed by atoms with Crippen molar-refractivity contribution in [2.75, 3.05) is 0 Å². The third-order valence-electron chi connectivity index (χ3n) is 2.25. The van der Waals surface area contributed by atoms with Crippen molar-refractivity contribution in [3.63, 3.8) is 0 Å². The molecule has 0 aliphatic heterocycles. The van der Waals surface area contributed by atoms with Crippen molar-refractivity contribution in [3.05, 3.63) is 0 Å². The summed E-state index contributed by atoms with van der Waals surface area (Å²) in [4.78, 5) is 0. The van der Waals surface area contributed by atoms with Gasteiger partial charge in [0.1, 0.15) is 0 Å². The predicted octanol–water partition coefficient (Wildman–Crippen LogP) is 0.435. The van der Waals surface area contributed by atoms with Crippen molar-refractivity contribution in [2.45, 2.75) is 32.9 Å². The van der Waals surface area contributed by atoms with E-state index in [0.717, 1.165) is 0 Å². The van der Waals surface area contributed by atoms with Crippen LogP contribution in [0, 0.1) is 5.41 Å². The normalized spacial score (nSPS) is 14.0. The summed E-state index contributed by atoms with van der Waals surface area (Å²) < 4.78 is 0. The summed E-state index contributed by atoms with van der Waals surface area (Å²) in [6, 6.07) is 0. The van der Waals surface area contributed by atoms with Crippen molar-refractivity contribution >= 4 is 15.7 Å². The Morgan fingerprint density at radius 1 is 0.875 bits per heavy atom. The molecule has 0 saturated heterocycles. The molecular weight excluding hydrogens is 93.7 g/mol. The lowest BCUT2D eigenvalue weighted by molar-refractivity contribution is 0.363. The standard InChI is InChI=1S/C6H16B2/c1-5(2,3)6(4,7)8/h7-8H2,1-4H3. The first-order valence-electron chi connectivity index (χ1n) is 3.25. The fraction of sp³-hybridized carbons (Fsp3) is 1.00. The Labute approximate surface area is 54.9 Å². The third-order valence-corrected chi connectivity index (χ3v) is 2.25.